The Morgan fingerprint density at radius 2 is 1.56 bits per heavy atom. The number of esters is 1. The first-order valence-corrected chi connectivity index (χ1v) is 7.86. The van der Waals surface area contributed by atoms with Crippen LogP contribution in [0.3, 0.4) is 0 Å². The molecule has 0 N–H and O–H groups in total. The summed E-state index contributed by atoms with van der Waals surface area (Å²) in [5, 5.41) is 0. The van der Waals surface area contributed by atoms with E-state index in [1.54, 1.807) is 0 Å². The van der Waals surface area contributed by atoms with Crippen LogP contribution in [0.15, 0.2) is 0 Å². The molecule has 1 saturated carbocycles. The highest BCUT2D eigenvalue weighted by molar-refractivity contribution is 5.76. The van der Waals surface area contributed by atoms with Gasteiger partial charge in [-0.05, 0) is 26.2 Å². The van der Waals surface area contributed by atoms with Gasteiger partial charge < -0.3 is 4.74 Å². The summed E-state index contributed by atoms with van der Waals surface area (Å²) in [6.07, 6.45) is 13.3. The standard InChI is InChI=1S/C16H30O2/c1-3-4-5-6-7-8-11-14-18-15(17)16(2)12-9-10-13-16/h3-14H2,1-2H3. The summed E-state index contributed by atoms with van der Waals surface area (Å²) in [6, 6.07) is 0. The molecule has 0 radical (unpaired) electrons. The molecule has 0 aromatic carbocycles. The highest BCUT2D eigenvalue weighted by Crippen LogP contribution is 2.38. The van der Waals surface area contributed by atoms with Crippen molar-refractivity contribution < 1.29 is 9.53 Å². The summed E-state index contributed by atoms with van der Waals surface area (Å²) in [4.78, 5) is 11.9. The molecule has 106 valence electrons. The van der Waals surface area contributed by atoms with Crippen LogP contribution in [0, 0.1) is 5.41 Å². The van der Waals surface area contributed by atoms with Crippen molar-refractivity contribution in [2.24, 2.45) is 5.41 Å². The minimum absolute atomic E-state index is 0.0472. The van der Waals surface area contributed by atoms with E-state index in [0.29, 0.717) is 6.61 Å². The molecule has 0 spiro atoms. The quantitative estimate of drug-likeness (QED) is 0.434. The Kier molecular flexibility index (Phi) is 7.38. The molecule has 2 heteroatoms. The number of rotatable bonds is 9. The van der Waals surface area contributed by atoms with Crippen LogP contribution in [-0.2, 0) is 9.53 Å². The third kappa shape index (κ3) is 5.41. The molecule has 2 nitrogen and oxygen atoms in total. The van der Waals surface area contributed by atoms with Crippen LogP contribution in [0.4, 0.5) is 0 Å². The number of carbonyl (C=O) groups excluding carboxylic acids is 1. The van der Waals surface area contributed by atoms with E-state index in [1.807, 2.05) is 0 Å². The number of hydrogen-bond acceptors (Lipinski definition) is 2. The van der Waals surface area contributed by atoms with E-state index in [4.69, 9.17) is 4.74 Å². The number of unbranched alkanes of at least 4 members (excludes halogenated alkanes) is 6. The second-order valence-corrected chi connectivity index (χ2v) is 6.03. The predicted octanol–water partition coefficient (Wildman–Crippen LogP) is 4.86. The Balaban J connectivity index is 1.96. The SMILES string of the molecule is CCCCCCCCCOC(=O)C1(C)CCCC1. The van der Waals surface area contributed by atoms with Gasteiger partial charge in [0.25, 0.3) is 0 Å². The Labute approximate surface area is 112 Å². The van der Waals surface area contributed by atoms with Crippen molar-refractivity contribution in [1.29, 1.82) is 0 Å². The van der Waals surface area contributed by atoms with Gasteiger partial charge >= 0.3 is 5.97 Å². The zero-order valence-corrected chi connectivity index (χ0v) is 12.3. The average molecular weight is 254 g/mol. The number of hydrogen-bond donors (Lipinski definition) is 0. The Morgan fingerprint density at radius 1 is 1.00 bits per heavy atom. The molecule has 0 bridgehead atoms. The molecule has 1 rings (SSSR count). The second-order valence-electron chi connectivity index (χ2n) is 6.03. The zero-order chi connectivity index (χ0) is 13.3. The normalized spacial score (nSPS) is 17.9. The first-order valence-electron chi connectivity index (χ1n) is 7.86. The van der Waals surface area contributed by atoms with Crippen LogP contribution < -0.4 is 0 Å². The summed E-state index contributed by atoms with van der Waals surface area (Å²) < 4.78 is 5.42. The smallest absolute Gasteiger partial charge is 0.311 e. The van der Waals surface area contributed by atoms with Gasteiger partial charge in [0.15, 0.2) is 0 Å². The molecule has 1 aliphatic carbocycles. The minimum Gasteiger partial charge on any atom is -0.465 e. The minimum atomic E-state index is -0.166. The Morgan fingerprint density at radius 3 is 2.17 bits per heavy atom. The fourth-order valence-corrected chi connectivity index (χ4v) is 2.76. The van der Waals surface area contributed by atoms with E-state index in [-0.39, 0.29) is 11.4 Å². The Hall–Kier alpha value is -0.530. The fraction of sp³-hybridized carbons (Fsp3) is 0.938. The van der Waals surface area contributed by atoms with E-state index >= 15 is 0 Å². The predicted molar refractivity (Wildman–Crippen MR) is 75.5 cm³/mol. The first kappa shape index (κ1) is 15.5. The Bertz CT molecular complexity index is 229. The summed E-state index contributed by atoms with van der Waals surface area (Å²) in [7, 11) is 0. The monoisotopic (exact) mass is 254 g/mol. The van der Waals surface area contributed by atoms with E-state index < -0.39 is 0 Å². The molecule has 0 unspecified atom stereocenters. The third-order valence-electron chi connectivity index (χ3n) is 4.18. The lowest BCUT2D eigenvalue weighted by molar-refractivity contribution is -0.154. The van der Waals surface area contributed by atoms with Gasteiger partial charge in [0.1, 0.15) is 0 Å². The molecule has 1 fully saturated rings. The van der Waals surface area contributed by atoms with Crippen molar-refractivity contribution >= 4 is 5.97 Å². The van der Waals surface area contributed by atoms with Crippen molar-refractivity contribution in [1.82, 2.24) is 0 Å². The van der Waals surface area contributed by atoms with Gasteiger partial charge in [-0.15, -0.1) is 0 Å². The van der Waals surface area contributed by atoms with Crippen molar-refractivity contribution in [2.75, 3.05) is 6.61 Å². The molecule has 0 amide bonds. The molecular weight excluding hydrogens is 224 g/mol. The van der Waals surface area contributed by atoms with Crippen LogP contribution in [-0.4, -0.2) is 12.6 Å². The third-order valence-corrected chi connectivity index (χ3v) is 4.18. The van der Waals surface area contributed by atoms with Crippen LogP contribution in [0.5, 0.6) is 0 Å². The molecule has 0 heterocycles. The molecule has 0 atom stereocenters. The largest absolute Gasteiger partial charge is 0.465 e. The summed E-state index contributed by atoms with van der Waals surface area (Å²) >= 11 is 0. The van der Waals surface area contributed by atoms with E-state index in [9.17, 15) is 4.79 Å². The number of carbonyl (C=O) groups is 1. The van der Waals surface area contributed by atoms with E-state index in [1.165, 1.54) is 51.4 Å². The lowest BCUT2D eigenvalue weighted by Gasteiger charge is -2.20. The molecule has 0 aromatic heterocycles. The van der Waals surface area contributed by atoms with Gasteiger partial charge in [-0.3, -0.25) is 4.79 Å². The maximum atomic E-state index is 11.9. The molecule has 1 aliphatic rings. The molecule has 0 saturated heterocycles. The van der Waals surface area contributed by atoms with Gasteiger partial charge in [0, 0.05) is 0 Å². The van der Waals surface area contributed by atoms with Crippen LogP contribution in [0.25, 0.3) is 0 Å². The topological polar surface area (TPSA) is 26.3 Å². The molecule has 0 aromatic rings. The number of ether oxygens (including phenoxy) is 1. The fourth-order valence-electron chi connectivity index (χ4n) is 2.76. The van der Waals surface area contributed by atoms with Crippen molar-refractivity contribution in [3.05, 3.63) is 0 Å². The van der Waals surface area contributed by atoms with Crippen molar-refractivity contribution in [3.8, 4) is 0 Å². The lowest BCUT2D eigenvalue weighted by atomic mass is 9.89. The van der Waals surface area contributed by atoms with E-state index in [2.05, 4.69) is 13.8 Å². The molecule has 18 heavy (non-hydrogen) atoms. The van der Waals surface area contributed by atoms with Crippen LogP contribution >= 0.6 is 0 Å². The van der Waals surface area contributed by atoms with Gasteiger partial charge in [0.2, 0.25) is 0 Å². The maximum Gasteiger partial charge on any atom is 0.311 e. The van der Waals surface area contributed by atoms with E-state index in [0.717, 1.165) is 19.3 Å². The van der Waals surface area contributed by atoms with Gasteiger partial charge in [0.05, 0.1) is 12.0 Å². The summed E-state index contributed by atoms with van der Waals surface area (Å²) in [6.45, 7) is 4.93. The maximum absolute atomic E-state index is 11.9. The van der Waals surface area contributed by atoms with Gasteiger partial charge in [-0.2, -0.15) is 0 Å². The van der Waals surface area contributed by atoms with Gasteiger partial charge in [-0.1, -0.05) is 58.3 Å². The average Bonchev–Trinajstić information content (AvgIpc) is 2.81. The lowest BCUT2D eigenvalue weighted by Crippen LogP contribution is -2.26. The molecular formula is C16H30O2. The highest BCUT2D eigenvalue weighted by atomic mass is 16.5. The summed E-state index contributed by atoms with van der Waals surface area (Å²) in [5.74, 6) is 0.0472. The van der Waals surface area contributed by atoms with Crippen LogP contribution in [0.1, 0.15) is 84.5 Å². The van der Waals surface area contributed by atoms with Crippen LogP contribution in [0.2, 0.25) is 0 Å². The highest BCUT2D eigenvalue weighted by Gasteiger charge is 2.37. The van der Waals surface area contributed by atoms with Crippen molar-refractivity contribution in [2.45, 2.75) is 84.5 Å². The summed E-state index contributed by atoms with van der Waals surface area (Å²) in [5.41, 5.74) is -0.166. The molecule has 0 aliphatic heterocycles. The van der Waals surface area contributed by atoms with Gasteiger partial charge in [-0.25, -0.2) is 0 Å². The first-order chi connectivity index (χ1) is 8.69. The second kappa shape index (κ2) is 8.55. The van der Waals surface area contributed by atoms with Crippen molar-refractivity contribution in [3.63, 3.8) is 0 Å². The zero-order valence-electron chi connectivity index (χ0n) is 12.3.